The van der Waals surface area contributed by atoms with E-state index in [2.05, 4.69) is 5.32 Å². The minimum atomic E-state index is -0.958. The number of anilines is 1. The normalized spacial score (nSPS) is 19.3. The molecule has 0 aromatic heterocycles. The highest BCUT2D eigenvalue weighted by atomic mass is 19.1. The van der Waals surface area contributed by atoms with Crippen LogP contribution in [0.15, 0.2) is 54.6 Å². The summed E-state index contributed by atoms with van der Waals surface area (Å²) in [6.07, 6.45) is 1.11. The Morgan fingerprint density at radius 3 is 2.24 bits per heavy atom. The molecule has 3 aromatic rings. The number of nitrogens with one attached hydrogen (secondary N) is 1. The zero-order valence-electron chi connectivity index (χ0n) is 26.0. The van der Waals surface area contributed by atoms with Gasteiger partial charge < -0.3 is 29.4 Å². The number of carboxylic acid groups (broad SMARTS) is 1. The molecule has 2 heterocycles. The molecular formula is C35H41FN2O7. The average molecular weight is 621 g/mol. The molecule has 3 atom stereocenters. The number of benzene rings is 3. The third-order valence-corrected chi connectivity index (χ3v) is 8.44. The van der Waals surface area contributed by atoms with Gasteiger partial charge in [-0.2, -0.15) is 0 Å². The van der Waals surface area contributed by atoms with Gasteiger partial charge in [0.25, 0.3) is 0 Å². The number of likely N-dealkylation sites (tertiary alicyclic amines) is 1. The number of aliphatic carboxylic acids is 1. The van der Waals surface area contributed by atoms with Crippen LogP contribution >= 0.6 is 0 Å². The summed E-state index contributed by atoms with van der Waals surface area (Å²) in [4.78, 5) is 28.6. The molecular weight excluding hydrogens is 579 g/mol. The molecule has 9 nitrogen and oxygen atoms in total. The SMILES string of the molecule is CCOCCOc1ccc([C@H]2C(C(=O)O)[C@@H](c3ccc4c(c3)OCCO4)CN2CC(=O)Nc2c(CC)cc(F)cc2CC)cc1. The van der Waals surface area contributed by atoms with E-state index in [0.29, 0.717) is 75.4 Å². The largest absolute Gasteiger partial charge is 0.491 e. The molecule has 0 radical (unpaired) electrons. The van der Waals surface area contributed by atoms with E-state index >= 15 is 0 Å². The third kappa shape index (κ3) is 7.40. The Morgan fingerprint density at radius 1 is 0.933 bits per heavy atom. The van der Waals surface area contributed by atoms with Gasteiger partial charge in [0.2, 0.25) is 5.91 Å². The summed E-state index contributed by atoms with van der Waals surface area (Å²) in [6.45, 7) is 8.38. The molecule has 2 aliphatic rings. The Labute approximate surface area is 263 Å². The summed E-state index contributed by atoms with van der Waals surface area (Å²) in [7, 11) is 0. The van der Waals surface area contributed by atoms with Crippen LogP contribution in [0.2, 0.25) is 0 Å². The van der Waals surface area contributed by atoms with Crippen molar-refractivity contribution in [1.29, 1.82) is 0 Å². The molecule has 0 aliphatic carbocycles. The van der Waals surface area contributed by atoms with E-state index in [1.165, 1.54) is 12.1 Å². The van der Waals surface area contributed by atoms with Gasteiger partial charge in [-0.3, -0.25) is 14.5 Å². The van der Waals surface area contributed by atoms with Gasteiger partial charge in [-0.15, -0.1) is 0 Å². The van der Waals surface area contributed by atoms with Crippen molar-refractivity contribution >= 4 is 17.6 Å². The van der Waals surface area contributed by atoms with E-state index in [1.54, 1.807) is 0 Å². The lowest BCUT2D eigenvalue weighted by Gasteiger charge is -2.27. The van der Waals surface area contributed by atoms with Gasteiger partial charge in [0.05, 0.1) is 19.1 Å². The summed E-state index contributed by atoms with van der Waals surface area (Å²) >= 11 is 0. The molecule has 45 heavy (non-hydrogen) atoms. The fraction of sp³-hybridized carbons (Fsp3) is 0.429. The highest BCUT2D eigenvalue weighted by Gasteiger charge is 2.48. The fourth-order valence-electron chi connectivity index (χ4n) is 6.35. The number of fused-ring (bicyclic) bond motifs is 1. The standard InChI is InChI=1S/C35H41FN2O7/c1-4-22-17-26(36)18-23(5-2)33(22)37-31(39)21-38-20-28(25-9-12-29-30(19-25)45-16-15-44-29)32(35(40)41)34(38)24-7-10-27(11-8-24)43-14-13-42-6-3/h7-12,17-19,28,32,34H,4-6,13-16,20-21H2,1-3H3,(H,37,39)(H,40,41)/t28-,32?,34+/m1/s1. The molecule has 0 saturated carbocycles. The summed E-state index contributed by atoms with van der Waals surface area (Å²) < 4.78 is 36.9. The van der Waals surface area contributed by atoms with E-state index in [-0.39, 0.29) is 18.3 Å². The molecule has 240 valence electrons. The molecule has 0 spiro atoms. The Morgan fingerprint density at radius 2 is 1.60 bits per heavy atom. The van der Waals surface area contributed by atoms with Gasteiger partial charge in [-0.1, -0.05) is 32.0 Å². The second-order valence-electron chi connectivity index (χ2n) is 11.2. The van der Waals surface area contributed by atoms with Gasteiger partial charge in [-0.05, 0) is 78.4 Å². The number of carbonyl (C=O) groups excluding carboxylic acids is 1. The van der Waals surface area contributed by atoms with Crippen LogP contribution in [0.5, 0.6) is 17.2 Å². The summed E-state index contributed by atoms with van der Waals surface area (Å²) in [5.74, 6) is -1.02. The van der Waals surface area contributed by atoms with Crippen LogP contribution in [0, 0.1) is 11.7 Å². The molecule has 1 fully saturated rings. The van der Waals surface area contributed by atoms with E-state index in [1.807, 2.05) is 68.1 Å². The molecule has 10 heteroatoms. The fourth-order valence-corrected chi connectivity index (χ4v) is 6.35. The number of hydrogen-bond donors (Lipinski definition) is 2. The second-order valence-corrected chi connectivity index (χ2v) is 11.2. The maximum Gasteiger partial charge on any atom is 0.309 e. The van der Waals surface area contributed by atoms with Crippen molar-refractivity contribution < 1.29 is 38.0 Å². The van der Waals surface area contributed by atoms with E-state index in [4.69, 9.17) is 18.9 Å². The summed E-state index contributed by atoms with van der Waals surface area (Å²) in [5.41, 5.74) is 3.62. The lowest BCUT2D eigenvalue weighted by atomic mass is 9.82. The number of ether oxygens (including phenoxy) is 4. The monoisotopic (exact) mass is 620 g/mol. The van der Waals surface area contributed by atoms with E-state index in [0.717, 1.165) is 22.3 Å². The zero-order valence-corrected chi connectivity index (χ0v) is 26.0. The first-order valence-electron chi connectivity index (χ1n) is 15.6. The maximum absolute atomic E-state index is 14.2. The topological polar surface area (TPSA) is 107 Å². The second kappa shape index (κ2) is 14.8. The van der Waals surface area contributed by atoms with Gasteiger partial charge >= 0.3 is 5.97 Å². The Hall–Kier alpha value is -4.15. The van der Waals surface area contributed by atoms with E-state index < -0.39 is 23.8 Å². The first kappa shape index (κ1) is 32.2. The van der Waals surface area contributed by atoms with Crippen LogP contribution in [0.4, 0.5) is 10.1 Å². The Kier molecular flexibility index (Phi) is 10.6. The highest BCUT2D eigenvalue weighted by molar-refractivity contribution is 5.94. The molecule has 3 aromatic carbocycles. The molecule has 0 bridgehead atoms. The number of nitrogens with zero attached hydrogens (tertiary/aromatic N) is 1. The lowest BCUT2D eigenvalue weighted by Crippen LogP contribution is -2.35. The van der Waals surface area contributed by atoms with Crippen LogP contribution in [0.25, 0.3) is 0 Å². The predicted molar refractivity (Wildman–Crippen MR) is 168 cm³/mol. The number of carboxylic acids is 1. The van der Waals surface area contributed by atoms with Gasteiger partial charge in [0.1, 0.15) is 31.4 Å². The van der Waals surface area contributed by atoms with E-state index in [9.17, 15) is 19.1 Å². The maximum atomic E-state index is 14.2. The lowest BCUT2D eigenvalue weighted by molar-refractivity contribution is -0.143. The van der Waals surface area contributed by atoms with Crippen molar-refractivity contribution in [2.75, 3.05) is 51.4 Å². The molecule has 1 unspecified atom stereocenters. The van der Waals surface area contributed by atoms with Crippen molar-refractivity contribution in [2.45, 2.75) is 45.6 Å². The Balaban J connectivity index is 1.45. The first-order valence-corrected chi connectivity index (χ1v) is 15.6. The minimum Gasteiger partial charge on any atom is -0.491 e. The number of hydrogen-bond acceptors (Lipinski definition) is 7. The molecule has 2 aliphatic heterocycles. The van der Waals surface area contributed by atoms with Crippen molar-refractivity contribution in [1.82, 2.24) is 4.90 Å². The van der Waals surface area contributed by atoms with Crippen LogP contribution < -0.4 is 19.5 Å². The molecule has 2 N–H and O–H groups in total. The van der Waals surface area contributed by atoms with Gasteiger partial charge in [0.15, 0.2) is 11.5 Å². The smallest absolute Gasteiger partial charge is 0.309 e. The van der Waals surface area contributed by atoms with Gasteiger partial charge in [-0.25, -0.2) is 4.39 Å². The number of halogens is 1. The number of amides is 1. The van der Waals surface area contributed by atoms with Crippen molar-refractivity contribution in [2.24, 2.45) is 5.92 Å². The first-order chi connectivity index (χ1) is 21.8. The van der Waals surface area contributed by atoms with Crippen LogP contribution in [0.1, 0.15) is 55.0 Å². The van der Waals surface area contributed by atoms with Crippen LogP contribution in [-0.2, 0) is 27.2 Å². The quantitative estimate of drug-likeness (QED) is 0.238. The third-order valence-electron chi connectivity index (χ3n) is 8.44. The minimum absolute atomic E-state index is 0.0498. The van der Waals surface area contributed by atoms with Gasteiger partial charge in [0, 0.05) is 30.8 Å². The predicted octanol–water partition coefficient (Wildman–Crippen LogP) is 5.62. The van der Waals surface area contributed by atoms with Crippen LogP contribution in [0.3, 0.4) is 0 Å². The Bertz CT molecular complexity index is 1470. The number of carbonyl (C=O) groups is 2. The number of rotatable bonds is 13. The van der Waals surface area contributed by atoms with Crippen molar-refractivity contribution in [3.05, 3.63) is 82.7 Å². The molecule has 1 amide bonds. The average Bonchev–Trinajstić information content (AvgIpc) is 3.42. The highest BCUT2D eigenvalue weighted by Crippen LogP contribution is 2.47. The molecule has 1 saturated heterocycles. The molecule has 5 rings (SSSR count). The number of aryl methyl sites for hydroxylation is 2. The van der Waals surface area contributed by atoms with Crippen molar-refractivity contribution in [3.8, 4) is 17.2 Å². The van der Waals surface area contributed by atoms with Crippen LogP contribution in [-0.4, -0.2) is 68.0 Å². The van der Waals surface area contributed by atoms with Crippen molar-refractivity contribution in [3.63, 3.8) is 0 Å². The summed E-state index contributed by atoms with van der Waals surface area (Å²) in [6, 6.07) is 15.2. The zero-order chi connectivity index (χ0) is 31.9. The summed E-state index contributed by atoms with van der Waals surface area (Å²) in [5, 5.41) is 13.7.